The molecule has 0 atom stereocenters. The third-order valence-electron chi connectivity index (χ3n) is 4.51. The van der Waals surface area contributed by atoms with Gasteiger partial charge in [0.15, 0.2) is 0 Å². The normalized spacial score (nSPS) is 22.4. The molecule has 0 aromatic heterocycles. The Hall–Kier alpha value is -1.51. The Morgan fingerprint density at radius 1 is 1.25 bits per heavy atom. The van der Waals surface area contributed by atoms with Gasteiger partial charge in [-0.3, -0.25) is 4.79 Å². The van der Waals surface area contributed by atoms with Crippen LogP contribution in [-0.4, -0.2) is 31.0 Å². The Balaban J connectivity index is 2.10. The summed E-state index contributed by atoms with van der Waals surface area (Å²) in [5, 5.41) is 0. The molecule has 1 fully saturated rings. The summed E-state index contributed by atoms with van der Waals surface area (Å²) in [5.74, 6) is 1.68. The zero-order valence-electron chi connectivity index (χ0n) is 13.0. The summed E-state index contributed by atoms with van der Waals surface area (Å²) in [5.41, 5.74) is 1.77. The number of rotatable bonds is 3. The van der Waals surface area contributed by atoms with Crippen molar-refractivity contribution >= 4 is 5.91 Å². The monoisotopic (exact) mass is 275 g/mol. The SMILES string of the molecule is COc1cc(C(=O)N(C)C2CCC(C)CC2)ccc1C. The van der Waals surface area contributed by atoms with Crippen LogP contribution < -0.4 is 4.74 Å². The minimum atomic E-state index is 0.0999. The standard InChI is InChI=1S/C17H25NO2/c1-12-5-9-15(10-6-12)18(3)17(19)14-8-7-13(2)16(11-14)20-4/h7-8,11-12,15H,5-6,9-10H2,1-4H3. The van der Waals surface area contributed by atoms with E-state index in [1.807, 2.05) is 37.1 Å². The fourth-order valence-corrected chi connectivity index (χ4v) is 2.95. The number of carbonyl (C=O) groups excluding carboxylic acids is 1. The van der Waals surface area contributed by atoms with E-state index in [2.05, 4.69) is 6.92 Å². The van der Waals surface area contributed by atoms with Crippen LogP contribution >= 0.6 is 0 Å². The predicted molar refractivity (Wildman–Crippen MR) is 81.2 cm³/mol. The molecular formula is C17H25NO2. The average molecular weight is 275 g/mol. The molecule has 1 aromatic rings. The number of methoxy groups -OCH3 is 1. The molecular weight excluding hydrogens is 250 g/mol. The van der Waals surface area contributed by atoms with Gasteiger partial charge in [0.1, 0.15) is 5.75 Å². The van der Waals surface area contributed by atoms with E-state index in [9.17, 15) is 4.79 Å². The molecule has 0 bridgehead atoms. The van der Waals surface area contributed by atoms with Crippen LogP contribution in [0.25, 0.3) is 0 Å². The Morgan fingerprint density at radius 2 is 1.90 bits per heavy atom. The van der Waals surface area contributed by atoms with Crippen LogP contribution in [0.15, 0.2) is 18.2 Å². The predicted octanol–water partition coefficient (Wildman–Crippen LogP) is 3.65. The van der Waals surface area contributed by atoms with Crippen molar-refractivity contribution in [2.24, 2.45) is 5.92 Å². The van der Waals surface area contributed by atoms with E-state index in [1.54, 1.807) is 7.11 Å². The van der Waals surface area contributed by atoms with Crippen molar-refractivity contribution in [2.45, 2.75) is 45.6 Å². The molecule has 1 saturated carbocycles. The summed E-state index contributed by atoms with van der Waals surface area (Å²) in [7, 11) is 3.57. The van der Waals surface area contributed by atoms with Gasteiger partial charge in [-0.15, -0.1) is 0 Å². The van der Waals surface area contributed by atoms with Crippen LogP contribution in [-0.2, 0) is 0 Å². The minimum Gasteiger partial charge on any atom is -0.496 e. The van der Waals surface area contributed by atoms with Gasteiger partial charge in [-0.1, -0.05) is 13.0 Å². The molecule has 3 heteroatoms. The molecule has 0 unspecified atom stereocenters. The first-order chi connectivity index (χ1) is 9.52. The average Bonchev–Trinajstić information content (AvgIpc) is 2.47. The van der Waals surface area contributed by atoms with Gasteiger partial charge < -0.3 is 9.64 Å². The lowest BCUT2D eigenvalue weighted by Gasteiger charge is -2.33. The number of amides is 1. The molecule has 0 spiro atoms. The maximum atomic E-state index is 12.6. The fourth-order valence-electron chi connectivity index (χ4n) is 2.95. The summed E-state index contributed by atoms with van der Waals surface area (Å²) in [6, 6.07) is 6.07. The van der Waals surface area contributed by atoms with Crippen LogP contribution in [0.5, 0.6) is 5.75 Å². The fraction of sp³-hybridized carbons (Fsp3) is 0.588. The first kappa shape index (κ1) is 14.9. The van der Waals surface area contributed by atoms with Gasteiger partial charge in [0.05, 0.1) is 7.11 Å². The molecule has 1 aliphatic rings. The molecule has 0 aliphatic heterocycles. The molecule has 20 heavy (non-hydrogen) atoms. The maximum absolute atomic E-state index is 12.6. The number of ether oxygens (including phenoxy) is 1. The van der Waals surface area contributed by atoms with Crippen LogP contribution in [0, 0.1) is 12.8 Å². The summed E-state index contributed by atoms with van der Waals surface area (Å²) in [6.45, 7) is 4.28. The van der Waals surface area contributed by atoms with Crippen LogP contribution in [0.3, 0.4) is 0 Å². The van der Waals surface area contributed by atoms with E-state index in [0.29, 0.717) is 11.6 Å². The van der Waals surface area contributed by atoms with Crippen LogP contribution in [0.1, 0.15) is 48.5 Å². The number of carbonyl (C=O) groups is 1. The number of hydrogen-bond acceptors (Lipinski definition) is 2. The zero-order chi connectivity index (χ0) is 14.7. The summed E-state index contributed by atoms with van der Waals surface area (Å²) >= 11 is 0. The summed E-state index contributed by atoms with van der Waals surface area (Å²) < 4.78 is 5.30. The molecule has 0 N–H and O–H groups in total. The van der Waals surface area contributed by atoms with Crippen molar-refractivity contribution in [3.8, 4) is 5.75 Å². The highest BCUT2D eigenvalue weighted by Crippen LogP contribution is 2.28. The smallest absolute Gasteiger partial charge is 0.253 e. The Bertz CT molecular complexity index is 476. The van der Waals surface area contributed by atoms with E-state index in [1.165, 1.54) is 12.8 Å². The van der Waals surface area contributed by atoms with E-state index in [4.69, 9.17) is 4.74 Å². The first-order valence-corrected chi connectivity index (χ1v) is 7.44. The Labute approximate surface area is 121 Å². The molecule has 0 heterocycles. The van der Waals surface area contributed by atoms with Crippen molar-refractivity contribution in [3.63, 3.8) is 0 Å². The van der Waals surface area contributed by atoms with Crippen LogP contribution in [0.4, 0.5) is 0 Å². The van der Waals surface area contributed by atoms with Gasteiger partial charge in [-0.25, -0.2) is 0 Å². The van der Waals surface area contributed by atoms with Crippen molar-refractivity contribution in [1.29, 1.82) is 0 Å². The second kappa shape index (κ2) is 6.29. The Kier molecular flexibility index (Phi) is 4.69. The summed E-state index contributed by atoms with van der Waals surface area (Å²) in [4.78, 5) is 14.5. The molecule has 0 radical (unpaired) electrons. The molecule has 1 aliphatic carbocycles. The number of nitrogens with zero attached hydrogens (tertiary/aromatic N) is 1. The number of benzene rings is 1. The maximum Gasteiger partial charge on any atom is 0.253 e. The molecule has 2 rings (SSSR count). The minimum absolute atomic E-state index is 0.0999. The van der Waals surface area contributed by atoms with E-state index in [0.717, 1.165) is 30.1 Å². The first-order valence-electron chi connectivity index (χ1n) is 7.44. The van der Waals surface area contributed by atoms with Gasteiger partial charge in [0, 0.05) is 18.7 Å². The van der Waals surface area contributed by atoms with Gasteiger partial charge in [0.25, 0.3) is 5.91 Å². The molecule has 110 valence electrons. The largest absolute Gasteiger partial charge is 0.496 e. The van der Waals surface area contributed by atoms with Crippen molar-refractivity contribution < 1.29 is 9.53 Å². The van der Waals surface area contributed by atoms with Crippen molar-refractivity contribution in [2.75, 3.05) is 14.2 Å². The van der Waals surface area contributed by atoms with Crippen LogP contribution in [0.2, 0.25) is 0 Å². The molecule has 3 nitrogen and oxygen atoms in total. The van der Waals surface area contributed by atoms with Gasteiger partial charge in [-0.2, -0.15) is 0 Å². The highest BCUT2D eigenvalue weighted by molar-refractivity contribution is 5.94. The highest BCUT2D eigenvalue weighted by atomic mass is 16.5. The third kappa shape index (κ3) is 3.14. The van der Waals surface area contributed by atoms with E-state index >= 15 is 0 Å². The molecule has 0 saturated heterocycles. The third-order valence-corrected chi connectivity index (χ3v) is 4.51. The van der Waals surface area contributed by atoms with Crippen molar-refractivity contribution in [3.05, 3.63) is 29.3 Å². The van der Waals surface area contributed by atoms with Gasteiger partial charge in [0.2, 0.25) is 0 Å². The zero-order valence-corrected chi connectivity index (χ0v) is 13.0. The second-order valence-corrected chi connectivity index (χ2v) is 6.01. The summed E-state index contributed by atoms with van der Waals surface area (Å²) in [6.07, 6.45) is 4.68. The molecule has 1 amide bonds. The molecule has 1 aromatic carbocycles. The lowest BCUT2D eigenvalue weighted by molar-refractivity contribution is 0.0679. The second-order valence-electron chi connectivity index (χ2n) is 6.01. The van der Waals surface area contributed by atoms with Gasteiger partial charge >= 0.3 is 0 Å². The van der Waals surface area contributed by atoms with E-state index in [-0.39, 0.29) is 5.91 Å². The lowest BCUT2D eigenvalue weighted by Crippen LogP contribution is -2.39. The van der Waals surface area contributed by atoms with E-state index < -0.39 is 0 Å². The number of hydrogen-bond donors (Lipinski definition) is 0. The highest BCUT2D eigenvalue weighted by Gasteiger charge is 2.25. The topological polar surface area (TPSA) is 29.5 Å². The lowest BCUT2D eigenvalue weighted by atomic mass is 9.86. The van der Waals surface area contributed by atoms with Gasteiger partial charge in [-0.05, 0) is 56.2 Å². The van der Waals surface area contributed by atoms with Crippen molar-refractivity contribution in [1.82, 2.24) is 4.90 Å². The Morgan fingerprint density at radius 3 is 2.50 bits per heavy atom. The quantitative estimate of drug-likeness (QED) is 0.842. The number of aryl methyl sites for hydroxylation is 1.